The number of fused-ring (bicyclic) bond motifs is 1. The van der Waals surface area contributed by atoms with Crippen LogP contribution in [0, 0.1) is 11.3 Å². The first-order valence-electron chi connectivity index (χ1n) is 6.73. The minimum Gasteiger partial charge on any atom is -0.493 e. The van der Waals surface area contributed by atoms with E-state index in [4.69, 9.17) is 27.9 Å². The van der Waals surface area contributed by atoms with Crippen LogP contribution in [-0.4, -0.2) is 6.61 Å². The van der Waals surface area contributed by atoms with Crippen molar-refractivity contribution in [3.8, 4) is 11.8 Å². The Hall–Kier alpha value is -1.69. The molecule has 0 aliphatic carbocycles. The van der Waals surface area contributed by atoms with Crippen molar-refractivity contribution < 1.29 is 4.74 Å². The monoisotopic (exact) mass is 317 g/mol. The van der Waals surface area contributed by atoms with Crippen LogP contribution >= 0.6 is 23.2 Å². The van der Waals surface area contributed by atoms with E-state index in [9.17, 15) is 5.26 Å². The summed E-state index contributed by atoms with van der Waals surface area (Å²) in [5.41, 5.74) is 1.20. The van der Waals surface area contributed by atoms with Crippen LogP contribution in [0.4, 0.5) is 0 Å². The van der Waals surface area contributed by atoms with Crippen LogP contribution in [0.1, 0.15) is 17.5 Å². The van der Waals surface area contributed by atoms with Crippen molar-refractivity contribution in [3.63, 3.8) is 0 Å². The SMILES string of the molecule is N#CC1(Cc2cccc(Cl)c2Cl)CCOc2ccccc21. The molecule has 1 heterocycles. The zero-order valence-electron chi connectivity index (χ0n) is 11.3. The van der Waals surface area contributed by atoms with Crippen molar-refractivity contribution in [2.24, 2.45) is 0 Å². The molecule has 0 aromatic heterocycles. The minimum atomic E-state index is -0.622. The second kappa shape index (κ2) is 5.60. The van der Waals surface area contributed by atoms with Crippen LogP contribution < -0.4 is 4.74 Å². The van der Waals surface area contributed by atoms with Gasteiger partial charge in [0.05, 0.1) is 28.1 Å². The number of hydrogen-bond donors (Lipinski definition) is 0. The summed E-state index contributed by atoms with van der Waals surface area (Å²) in [6, 6.07) is 15.7. The highest BCUT2D eigenvalue weighted by Gasteiger charge is 2.38. The first-order valence-corrected chi connectivity index (χ1v) is 7.48. The lowest BCUT2D eigenvalue weighted by Crippen LogP contribution is -2.33. The van der Waals surface area contributed by atoms with Crippen molar-refractivity contribution in [1.82, 2.24) is 0 Å². The Morgan fingerprint density at radius 2 is 1.95 bits per heavy atom. The molecule has 1 atom stereocenters. The van der Waals surface area contributed by atoms with Crippen LogP contribution in [0.25, 0.3) is 0 Å². The molecular weight excluding hydrogens is 305 g/mol. The minimum absolute atomic E-state index is 0.516. The molecule has 3 rings (SSSR count). The Labute approximate surface area is 133 Å². The summed E-state index contributed by atoms with van der Waals surface area (Å²) in [5.74, 6) is 0.781. The highest BCUT2D eigenvalue weighted by atomic mass is 35.5. The van der Waals surface area contributed by atoms with Gasteiger partial charge in [-0.15, -0.1) is 0 Å². The van der Waals surface area contributed by atoms with Gasteiger partial charge < -0.3 is 4.74 Å². The number of para-hydroxylation sites is 1. The fourth-order valence-electron chi connectivity index (χ4n) is 2.81. The van der Waals surface area contributed by atoms with E-state index in [1.807, 2.05) is 36.4 Å². The van der Waals surface area contributed by atoms with Gasteiger partial charge >= 0.3 is 0 Å². The number of ether oxygens (including phenoxy) is 1. The average molecular weight is 318 g/mol. The van der Waals surface area contributed by atoms with Gasteiger partial charge in [0.15, 0.2) is 0 Å². The number of hydrogen-bond acceptors (Lipinski definition) is 2. The number of benzene rings is 2. The molecule has 0 spiro atoms. The Balaban J connectivity index is 2.07. The van der Waals surface area contributed by atoms with Crippen LogP contribution in [-0.2, 0) is 11.8 Å². The standard InChI is InChI=1S/C17H13Cl2NO/c18-14-6-3-4-12(16(14)19)10-17(11-20)8-9-21-15-7-2-1-5-13(15)17/h1-7H,8-10H2. The van der Waals surface area contributed by atoms with E-state index in [0.717, 1.165) is 16.9 Å². The lowest BCUT2D eigenvalue weighted by molar-refractivity contribution is 0.241. The summed E-state index contributed by atoms with van der Waals surface area (Å²) in [5, 5.41) is 10.9. The Bertz CT molecular complexity index is 723. The predicted molar refractivity (Wildman–Crippen MR) is 84.0 cm³/mol. The molecule has 4 heteroatoms. The lowest BCUT2D eigenvalue weighted by Gasteiger charge is -2.33. The highest BCUT2D eigenvalue weighted by Crippen LogP contribution is 2.42. The third kappa shape index (κ3) is 2.48. The summed E-state index contributed by atoms with van der Waals surface area (Å²) < 4.78 is 5.66. The van der Waals surface area contributed by atoms with Crippen molar-refractivity contribution in [2.75, 3.05) is 6.61 Å². The zero-order chi connectivity index (χ0) is 14.9. The van der Waals surface area contributed by atoms with E-state index in [2.05, 4.69) is 6.07 Å². The molecule has 2 aromatic carbocycles. The van der Waals surface area contributed by atoms with Gasteiger partial charge in [0, 0.05) is 12.0 Å². The van der Waals surface area contributed by atoms with Gasteiger partial charge in [-0.2, -0.15) is 5.26 Å². The third-order valence-electron chi connectivity index (χ3n) is 3.93. The molecule has 1 aliphatic rings. The molecule has 106 valence electrons. The van der Waals surface area contributed by atoms with E-state index in [0.29, 0.717) is 29.5 Å². The maximum Gasteiger partial charge on any atom is 0.124 e. The largest absolute Gasteiger partial charge is 0.493 e. The number of nitrogens with zero attached hydrogens (tertiary/aromatic N) is 1. The van der Waals surface area contributed by atoms with Crippen molar-refractivity contribution >= 4 is 23.2 Å². The van der Waals surface area contributed by atoms with Gasteiger partial charge in [-0.25, -0.2) is 0 Å². The fraction of sp³-hybridized carbons (Fsp3) is 0.235. The Kier molecular flexibility index (Phi) is 3.80. The smallest absolute Gasteiger partial charge is 0.124 e. The van der Waals surface area contributed by atoms with Crippen LogP contribution in [0.15, 0.2) is 42.5 Å². The number of halogens is 2. The van der Waals surface area contributed by atoms with E-state index >= 15 is 0 Å². The molecule has 0 radical (unpaired) electrons. The van der Waals surface area contributed by atoms with Gasteiger partial charge in [0.1, 0.15) is 5.75 Å². The lowest BCUT2D eigenvalue weighted by atomic mass is 9.73. The molecule has 21 heavy (non-hydrogen) atoms. The normalized spacial score (nSPS) is 20.2. The van der Waals surface area contributed by atoms with E-state index < -0.39 is 5.41 Å². The average Bonchev–Trinajstić information content (AvgIpc) is 2.52. The molecule has 1 aliphatic heterocycles. The summed E-state index contributed by atoms with van der Waals surface area (Å²) in [6.45, 7) is 0.531. The Morgan fingerprint density at radius 1 is 1.14 bits per heavy atom. The van der Waals surface area contributed by atoms with Crippen LogP contribution in [0.5, 0.6) is 5.75 Å². The van der Waals surface area contributed by atoms with E-state index in [1.165, 1.54) is 0 Å². The first-order chi connectivity index (χ1) is 10.2. The molecule has 0 fully saturated rings. The van der Waals surface area contributed by atoms with Crippen LogP contribution in [0.2, 0.25) is 10.0 Å². The van der Waals surface area contributed by atoms with Crippen molar-refractivity contribution in [3.05, 3.63) is 63.6 Å². The second-order valence-electron chi connectivity index (χ2n) is 5.18. The van der Waals surface area contributed by atoms with Gasteiger partial charge in [0.25, 0.3) is 0 Å². The van der Waals surface area contributed by atoms with Gasteiger partial charge in [-0.1, -0.05) is 53.5 Å². The summed E-state index contributed by atoms with van der Waals surface area (Å²) >= 11 is 12.4. The third-order valence-corrected chi connectivity index (χ3v) is 4.78. The molecular formula is C17H13Cl2NO. The highest BCUT2D eigenvalue weighted by molar-refractivity contribution is 6.42. The quantitative estimate of drug-likeness (QED) is 0.798. The van der Waals surface area contributed by atoms with Crippen molar-refractivity contribution in [1.29, 1.82) is 5.26 Å². The Morgan fingerprint density at radius 3 is 2.76 bits per heavy atom. The predicted octanol–water partition coefficient (Wildman–Crippen LogP) is 4.78. The first kappa shape index (κ1) is 14.3. The molecule has 2 aromatic rings. The molecule has 1 unspecified atom stereocenters. The summed E-state index contributed by atoms with van der Waals surface area (Å²) in [4.78, 5) is 0. The van der Waals surface area contributed by atoms with Gasteiger partial charge in [-0.05, 0) is 24.1 Å². The molecule has 0 saturated heterocycles. The number of rotatable bonds is 2. The summed E-state index contributed by atoms with van der Waals surface area (Å²) in [6.07, 6.45) is 1.17. The van der Waals surface area contributed by atoms with Gasteiger partial charge in [-0.3, -0.25) is 0 Å². The maximum atomic E-state index is 9.83. The molecule has 0 bridgehead atoms. The molecule has 0 amide bonds. The second-order valence-corrected chi connectivity index (χ2v) is 5.96. The molecule has 0 N–H and O–H groups in total. The zero-order valence-corrected chi connectivity index (χ0v) is 12.8. The molecule has 2 nitrogen and oxygen atoms in total. The maximum absolute atomic E-state index is 9.83. The number of nitriles is 1. The van der Waals surface area contributed by atoms with Crippen molar-refractivity contribution in [2.45, 2.75) is 18.3 Å². The molecule has 0 saturated carbocycles. The van der Waals surface area contributed by atoms with E-state index in [-0.39, 0.29) is 0 Å². The van der Waals surface area contributed by atoms with Gasteiger partial charge in [0.2, 0.25) is 0 Å². The summed E-state index contributed by atoms with van der Waals surface area (Å²) in [7, 11) is 0. The fourth-order valence-corrected chi connectivity index (χ4v) is 3.19. The van der Waals surface area contributed by atoms with E-state index in [1.54, 1.807) is 6.07 Å². The topological polar surface area (TPSA) is 33.0 Å². The van der Waals surface area contributed by atoms with Crippen LogP contribution in [0.3, 0.4) is 0 Å².